The van der Waals surface area contributed by atoms with Gasteiger partial charge in [-0.1, -0.05) is 331 Å². The maximum atomic E-state index is 13.1. The van der Waals surface area contributed by atoms with Gasteiger partial charge in [0.25, 0.3) is 0 Å². The van der Waals surface area contributed by atoms with Gasteiger partial charge in [0.1, 0.15) is 19.3 Å². The molecule has 558 valence electrons. The molecule has 0 aromatic heterocycles. The molecule has 0 radical (unpaired) electrons. The predicted molar refractivity (Wildman–Crippen MR) is 381 cm³/mol. The van der Waals surface area contributed by atoms with E-state index < -0.39 is 97.5 Å². The Morgan fingerprint density at radius 3 is 0.723 bits per heavy atom. The number of carbonyl (C=O) groups excluding carboxylic acids is 4. The lowest BCUT2D eigenvalue weighted by Gasteiger charge is -2.21. The van der Waals surface area contributed by atoms with Gasteiger partial charge in [0.2, 0.25) is 0 Å². The zero-order chi connectivity index (χ0) is 69.4. The van der Waals surface area contributed by atoms with Crippen LogP contribution < -0.4 is 0 Å². The van der Waals surface area contributed by atoms with Crippen molar-refractivity contribution in [3.8, 4) is 0 Å². The number of unbranched alkanes of at least 4 members (excludes halogenated alkanes) is 41. The number of esters is 4. The monoisotopic (exact) mass is 1380 g/mol. The predicted octanol–water partition coefficient (Wildman–Crippen LogP) is 21.8. The largest absolute Gasteiger partial charge is 0.472 e. The van der Waals surface area contributed by atoms with Crippen LogP contribution >= 0.6 is 15.6 Å². The van der Waals surface area contributed by atoms with Gasteiger partial charge in [-0.05, 0) is 43.4 Å². The molecule has 5 atom stereocenters. The van der Waals surface area contributed by atoms with Gasteiger partial charge in [0.05, 0.1) is 26.4 Å². The van der Waals surface area contributed by atoms with Crippen molar-refractivity contribution in [2.75, 3.05) is 39.6 Å². The smallest absolute Gasteiger partial charge is 0.462 e. The molecule has 0 aliphatic heterocycles. The average Bonchev–Trinajstić information content (AvgIpc) is 1.83. The molecular formula is C75H146O17P2. The number of rotatable bonds is 73. The molecular weight excluding hydrogens is 1230 g/mol. The Balaban J connectivity index is 5.20. The number of hydrogen-bond donors (Lipinski definition) is 3. The summed E-state index contributed by atoms with van der Waals surface area (Å²) < 4.78 is 68.4. The summed E-state index contributed by atoms with van der Waals surface area (Å²) in [7, 11) is -9.91. The standard InChI is InChI=1S/C75H146O17P2/c1-8-9-10-11-12-13-14-15-16-17-18-19-20-21-22-27-30-35-44-51-58-74(79)91-70(62-85-72(77)56-49-42-34-29-26-24-23-25-28-32-39-46-53-66(2)3)64-89-93(81,82)87-60-69(76)61-88-94(83,84)90-65-71(63-86-73(78)57-50-43-38-37-41-48-55-68(6)7)92-75(80)59-52-45-36-31-33-40-47-54-67(4)5/h66-71,76H,8-65H2,1-7H3,(H,81,82)(H,83,84)/t69-,70-,71-/m1/s1. The minimum absolute atomic E-state index is 0.102. The molecule has 0 rings (SSSR count). The van der Waals surface area contributed by atoms with E-state index in [9.17, 15) is 43.2 Å². The summed E-state index contributed by atoms with van der Waals surface area (Å²) in [6.07, 6.45) is 51.8. The van der Waals surface area contributed by atoms with Crippen LogP contribution in [-0.4, -0.2) is 96.7 Å². The Kier molecular flexibility index (Phi) is 64.3. The third-order valence-corrected chi connectivity index (χ3v) is 19.3. The third-order valence-electron chi connectivity index (χ3n) is 17.4. The summed E-state index contributed by atoms with van der Waals surface area (Å²) in [4.78, 5) is 72.7. The molecule has 17 nitrogen and oxygen atoms in total. The van der Waals surface area contributed by atoms with Gasteiger partial charge >= 0.3 is 39.5 Å². The van der Waals surface area contributed by atoms with Crippen molar-refractivity contribution < 1.29 is 80.2 Å². The maximum absolute atomic E-state index is 13.1. The van der Waals surface area contributed by atoms with Crippen LogP contribution in [0.15, 0.2) is 0 Å². The van der Waals surface area contributed by atoms with E-state index in [4.69, 9.17) is 37.0 Å². The highest BCUT2D eigenvalue weighted by Crippen LogP contribution is 2.45. The van der Waals surface area contributed by atoms with Crippen molar-refractivity contribution in [1.29, 1.82) is 0 Å². The van der Waals surface area contributed by atoms with Crippen molar-refractivity contribution >= 4 is 39.5 Å². The van der Waals surface area contributed by atoms with Crippen molar-refractivity contribution in [1.82, 2.24) is 0 Å². The zero-order valence-electron chi connectivity index (χ0n) is 61.4. The Morgan fingerprint density at radius 2 is 0.489 bits per heavy atom. The first-order valence-electron chi connectivity index (χ1n) is 38.8. The molecule has 0 fully saturated rings. The Morgan fingerprint density at radius 1 is 0.287 bits per heavy atom. The molecule has 0 heterocycles. The second-order valence-electron chi connectivity index (χ2n) is 28.5. The molecule has 0 aromatic rings. The van der Waals surface area contributed by atoms with Gasteiger partial charge in [0.15, 0.2) is 12.2 Å². The Hall–Kier alpha value is -1.94. The maximum Gasteiger partial charge on any atom is 0.472 e. The molecule has 2 unspecified atom stereocenters. The second kappa shape index (κ2) is 65.7. The van der Waals surface area contributed by atoms with Crippen LogP contribution in [0.1, 0.15) is 382 Å². The molecule has 0 spiro atoms. The van der Waals surface area contributed by atoms with Crippen molar-refractivity contribution in [2.24, 2.45) is 17.8 Å². The van der Waals surface area contributed by atoms with E-state index in [2.05, 4.69) is 48.5 Å². The highest BCUT2D eigenvalue weighted by Gasteiger charge is 2.30. The van der Waals surface area contributed by atoms with Gasteiger partial charge < -0.3 is 33.8 Å². The van der Waals surface area contributed by atoms with E-state index >= 15 is 0 Å². The van der Waals surface area contributed by atoms with Crippen molar-refractivity contribution in [3.05, 3.63) is 0 Å². The van der Waals surface area contributed by atoms with Gasteiger partial charge in [-0.25, -0.2) is 9.13 Å². The number of hydrogen-bond acceptors (Lipinski definition) is 15. The summed E-state index contributed by atoms with van der Waals surface area (Å²) in [6.45, 7) is 11.7. The van der Waals surface area contributed by atoms with E-state index in [0.29, 0.717) is 37.5 Å². The van der Waals surface area contributed by atoms with Gasteiger partial charge in [0, 0.05) is 25.7 Å². The highest BCUT2D eigenvalue weighted by molar-refractivity contribution is 7.47. The van der Waals surface area contributed by atoms with Crippen LogP contribution in [0.25, 0.3) is 0 Å². The lowest BCUT2D eigenvalue weighted by molar-refractivity contribution is -0.161. The molecule has 0 aliphatic rings. The molecule has 0 bridgehead atoms. The van der Waals surface area contributed by atoms with Crippen LogP contribution in [0.5, 0.6) is 0 Å². The molecule has 0 aromatic carbocycles. The van der Waals surface area contributed by atoms with Crippen molar-refractivity contribution in [2.45, 2.75) is 401 Å². The second-order valence-corrected chi connectivity index (χ2v) is 31.4. The number of aliphatic hydroxyl groups excluding tert-OH is 1. The van der Waals surface area contributed by atoms with Crippen molar-refractivity contribution in [3.63, 3.8) is 0 Å². The van der Waals surface area contributed by atoms with E-state index in [1.165, 1.54) is 186 Å². The fourth-order valence-electron chi connectivity index (χ4n) is 11.4. The third kappa shape index (κ3) is 68.6. The zero-order valence-corrected chi connectivity index (χ0v) is 63.2. The average molecular weight is 1380 g/mol. The molecule has 0 amide bonds. The van der Waals surface area contributed by atoms with Crippen LogP contribution in [0, 0.1) is 17.8 Å². The first-order chi connectivity index (χ1) is 45.2. The van der Waals surface area contributed by atoms with Gasteiger partial charge in [-0.15, -0.1) is 0 Å². The lowest BCUT2D eigenvalue weighted by Crippen LogP contribution is -2.30. The number of aliphatic hydroxyl groups is 1. The Bertz CT molecular complexity index is 1840. The van der Waals surface area contributed by atoms with Gasteiger partial charge in [-0.3, -0.25) is 37.3 Å². The van der Waals surface area contributed by atoms with Gasteiger partial charge in [-0.2, -0.15) is 0 Å². The van der Waals surface area contributed by atoms with E-state index in [1.54, 1.807) is 0 Å². The summed E-state index contributed by atoms with van der Waals surface area (Å²) in [6, 6.07) is 0. The summed E-state index contributed by atoms with van der Waals surface area (Å²) >= 11 is 0. The first kappa shape index (κ1) is 92.1. The molecule has 0 saturated carbocycles. The molecule has 19 heteroatoms. The number of phosphoric ester groups is 2. The van der Waals surface area contributed by atoms with Crippen LogP contribution in [0.2, 0.25) is 0 Å². The quantitative estimate of drug-likeness (QED) is 0.0222. The summed E-state index contributed by atoms with van der Waals surface area (Å²) in [5, 5.41) is 10.6. The molecule has 0 saturated heterocycles. The number of phosphoric acid groups is 2. The number of carbonyl (C=O) groups is 4. The minimum Gasteiger partial charge on any atom is -0.462 e. The van der Waals surface area contributed by atoms with Crippen LogP contribution in [0.3, 0.4) is 0 Å². The molecule has 3 N–H and O–H groups in total. The highest BCUT2D eigenvalue weighted by atomic mass is 31.2. The normalized spacial score (nSPS) is 14.1. The first-order valence-corrected chi connectivity index (χ1v) is 41.8. The summed E-state index contributed by atoms with van der Waals surface area (Å²) in [5.74, 6) is 0.0321. The molecule has 94 heavy (non-hydrogen) atoms. The van der Waals surface area contributed by atoms with Crippen LogP contribution in [0.4, 0.5) is 0 Å². The van der Waals surface area contributed by atoms with E-state index in [-0.39, 0.29) is 25.7 Å². The lowest BCUT2D eigenvalue weighted by atomic mass is 10.0. The topological polar surface area (TPSA) is 237 Å². The fourth-order valence-corrected chi connectivity index (χ4v) is 13.0. The number of ether oxygens (including phenoxy) is 4. The summed E-state index contributed by atoms with van der Waals surface area (Å²) in [5.41, 5.74) is 0. The minimum atomic E-state index is -4.96. The van der Waals surface area contributed by atoms with E-state index in [0.717, 1.165) is 102 Å². The Labute approximate surface area is 575 Å². The van der Waals surface area contributed by atoms with Crippen LogP contribution in [-0.2, 0) is 65.4 Å². The fraction of sp³-hybridized carbons (Fsp3) is 0.947. The SMILES string of the molecule is CCCCCCCCCCCCCCCCCCCCCCC(=O)O[C@H](COC(=O)CCCCCCCCCCCCCCC(C)C)COP(=O)(O)OC[C@@H](O)COP(=O)(O)OC[C@@H](COC(=O)CCCCCCCCC(C)C)OC(=O)CCCCCCCCCC(C)C. The molecule has 0 aliphatic carbocycles. The van der Waals surface area contributed by atoms with E-state index in [1.807, 2.05) is 0 Å².